The van der Waals surface area contributed by atoms with Gasteiger partial charge in [-0.2, -0.15) is 0 Å². The molecule has 92 valence electrons. The Labute approximate surface area is 108 Å². The molecule has 0 aliphatic heterocycles. The van der Waals surface area contributed by atoms with Gasteiger partial charge in [0.25, 0.3) is 0 Å². The van der Waals surface area contributed by atoms with E-state index in [0.29, 0.717) is 6.42 Å². The molecule has 2 nitrogen and oxygen atoms in total. The van der Waals surface area contributed by atoms with Gasteiger partial charge >= 0.3 is 0 Å². The standard InChI is InChI=1S/C16H18N2/c1-3-12-6-5-7-15(14(12)4-2)13-8-10-16(17,18)11-9-13/h3-10H,1-2,11,17-18H2. The fraction of sp³-hybridized carbons (Fsp3) is 0.125. The van der Waals surface area contributed by atoms with Gasteiger partial charge in [-0.15, -0.1) is 0 Å². The predicted octanol–water partition coefficient (Wildman–Crippen LogP) is 2.93. The molecule has 1 aliphatic rings. The van der Waals surface area contributed by atoms with E-state index in [1.165, 1.54) is 0 Å². The summed E-state index contributed by atoms with van der Waals surface area (Å²) >= 11 is 0. The lowest BCUT2D eigenvalue weighted by atomic mass is 9.90. The first kappa shape index (κ1) is 12.6. The smallest absolute Gasteiger partial charge is 0.0867 e. The molecule has 18 heavy (non-hydrogen) atoms. The summed E-state index contributed by atoms with van der Waals surface area (Å²) in [4.78, 5) is 0. The topological polar surface area (TPSA) is 52.0 Å². The molecule has 0 radical (unpaired) electrons. The second kappa shape index (κ2) is 4.77. The van der Waals surface area contributed by atoms with Gasteiger partial charge in [-0.05, 0) is 28.3 Å². The zero-order valence-corrected chi connectivity index (χ0v) is 10.4. The number of nitrogens with two attached hydrogens (primary N) is 2. The second-order valence-corrected chi connectivity index (χ2v) is 4.53. The van der Waals surface area contributed by atoms with Crippen LogP contribution in [0.3, 0.4) is 0 Å². The molecular weight excluding hydrogens is 220 g/mol. The summed E-state index contributed by atoms with van der Waals surface area (Å²) in [5, 5.41) is 0. The van der Waals surface area contributed by atoms with E-state index in [1.54, 1.807) is 0 Å². The van der Waals surface area contributed by atoms with Crippen molar-refractivity contribution in [2.75, 3.05) is 0 Å². The van der Waals surface area contributed by atoms with Crippen LogP contribution in [0.1, 0.15) is 23.1 Å². The maximum atomic E-state index is 5.85. The second-order valence-electron chi connectivity index (χ2n) is 4.53. The Hall–Kier alpha value is -1.90. The van der Waals surface area contributed by atoms with E-state index < -0.39 is 5.66 Å². The van der Waals surface area contributed by atoms with Crippen molar-refractivity contribution in [2.24, 2.45) is 11.5 Å². The van der Waals surface area contributed by atoms with E-state index in [4.69, 9.17) is 11.5 Å². The minimum Gasteiger partial charge on any atom is -0.310 e. The number of rotatable bonds is 3. The molecule has 0 atom stereocenters. The van der Waals surface area contributed by atoms with Crippen molar-refractivity contribution in [3.63, 3.8) is 0 Å². The van der Waals surface area contributed by atoms with Crippen LogP contribution in [0, 0.1) is 0 Å². The summed E-state index contributed by atoms with van der Waals surface area (Å²) in [6, 6.07) is 6.11. The third-order valence-corrected chi connectivity index (χ3v) is 3.12. The Morgan fingerprint density at radius 3 is 2.50 bits per heavy atom. The van der Waals surface area contributed by atoms with Crippen LogP contribution in [0.4, 0.5) is 0 Å². The molecule has 1 aliphatic carbocycles. The molecule has 0 bridgehead atoms. The normalized spacial score (nSPS) is 17.1. The van der Waals surface area contributed by atoms with Crippen LogP contribution < -0.4 is 11.5 Å². The molecule has 2 rings (SSSR count). The molecule has 0 saturated heterocycles. The molecule has 4 N–H and O–H groups in total. The van der Waals surface area contributed by atoms with Gasteiger partial charge < -0.3 is 11.5 Å². The number of hydrogen-bond acceptors (Lipinski definition) is 2. The monoisotopic (exact) mass is 238 g/mol. The van der Waals surface area contributed by atoms with Crippen LogP contribution in [-0.2, 0) is 0 Å². The van der Waals surface area contributed by atoms with E-state index >= 15 is 0 Å². The van der Waals surface area contributed by atoms with Crippen molar-refractivity contribution in [3.8, 4) is 0 Å². The maximum absolute atomic E-state index is 5.85. The van der Waals surface area contributed by atoms with Crippen molar-refractivity contribution in [1.29, 1.82) is 0 Å². The molecule has 0 saturated carbocycles. The lowest BCUT2D eigenvalue weighted by Crippen LogP contribution is -2.47. The zero-order valence-electron chi connectivity index (χ0n) is 10.4. The number of allylic oxidation sites excluding steroid dienone is 2. The number of hydrogen-bond donors (Lipinski definition) is 2. The summed E-state index contributed by atoms with van der Waals surface area (Å²) in [5.41, 5.74) is 15.4. The third kappa shape index (κ3) is 2.35. The van der Waals surface area contributed by atoms with Gasteiger partial charge in [-0.3, -0.25) is 0 Å². The first-order valence-corrected chi connectivity index (χ1v) is 5.93. The summed E-state index contributed by atoms with van der Waals surface area (Å²) < 4.78 is 0. The fourth-order valence-electron chi connectivity index (χ4n) is 2.11. The largest absolute Gasteiger partial charge is 0.310 e. The molecule has 0 unspecified atom stereocenters. The van der Waals surface area contributed by atoms with Crippen molar-refractivity contribution in [2.45, 2.75) is 12.1 Å². The summed E-state index contributed by atoms with van der Waals surface area (Å²) in [6.07, 6.45) is 10.2. The maximum Gasteiger partial charge on any atom is 0.0867 e. The minimum atomic E-state index is -0.728. The van der Waals surface area contributed by atoms with Crippen LogP contribution in [-0.4, -0.2) is 5.66 Å². The van der Waals surface area contributed by atoms with Crippen LogP contribution in [0.15, 0.2) is 49.6 Å². The highest BCUT2D eigenvalue weighted by Crippen LogP contribution is 2.28. The summed E-state index contributed by atoms with van der Waals surface area (Å²) in [6.45, 7) is 7.70. The molecule has 0 fully saturated rings. The Balaban J connectivity index is 2.47. The average molecular weight is 238 g/mol. The first-order chi connectivity index (χ1) is 8.57. The van der Waals surface area contributed by atoms with E-state index in [-0.39, 0.29) is 0 Å². The zero-order chi connectivity index (χ0) is 13.2. The quantitative estimate of drug-likeness (QED) is 0.795. The molecule has 1 aromatic carbocycles. The van der Waals surface area contributed by atoms with Crippen molar-refractivity contribution >= 4 is 17.7 Å². The Bertz CT molecular complexity index is 548. The third-order valence-electron chi connectivity index (χ3n) is 3.12. The van der Waals surface area contributed by atoms with Crippen molar-refractivity contribution < 1.29 is 0 Å². The lowest BCUT2D eigenvalue weighted by molar-refractivity contribution is 0.559. The minimum absolute atomic E-state index is 0.633. The molecule has 1 aromatic rings. The highest BCUT2D eigenvalue weighted by Gasteiger charge is 2.18. The van der Waals surface area contributed by atoms with E-state index in [2.05, 4.69) is 25.3 Å². The van der Waals surface area contributed by atoms with E-state index in [9.17, 15) is 0 Å². The fourth-order valence-corrected chi connectivity index (χ4v) is 2.11. The van der Waals surface area contributed by atoms with Gasteiger partial charge in [0, 0.05) is 6.42 Å². The van der Waals surface area contributed by atoms with Crippen LogP contribution >= 0.6 is 0 Å². The Kier molecular flexibility index (Phi) is 3.32. The SMILES string of the molecule is C=Cc1cccc(C2=CCC(N)(N)C=C2)c1C=C. The van der Waals surface area contributed by atoms with Gasteiger partial charge in [0.05, 0.1) is 5.66 Å². The average Bonchev–Trinajstić information content (AvgIpc) is 2.37. The first-order valence-electron chi connectivity index (χ1n) is 5.93. The van der Waals surface area contributed by atoms with Gasteiger partial charge in [0.15, 0.2) is 0 Å². The van der Waals surface area contributed by atoms with Crippen molar-refractivity contribution in [3.05, 3.63) is 66.3 Å². The molecule has 2 heteroatoms. The highest BCUT2D eigenvalue weighted by molar-refractivity contribution is 5.84. The Morgan fingerprint density at radius 1 is 1.17 bits per heavy atom. The van der Waals surface area contributed by atoms with Crippen molar-refractivity contribution in [1.82, 2.24) is 0 Å². The van der Waals surface area contributed by atoms with Gasteiger partial charge in [0.2, 0.25) is 0 Å². The lowest BCUT2D eigenvalue weighted by Gasteiger charge is -2.23. The van der Waals surface area contributed by atoms with Gasteiger partial charge in [-0.1, -0.05) is 55.7 Å². The summed E-state index contributed by atoms with van der Waals surface area (Å²) in [5.74, 6) is 0. The molecule has 0 spiro atoms. The van der Waals surface area contributed by atoms with Crippen LogP contribution in [0.25, 0.3) is 17.7 Å². The molecule has 0 heterocycles. The summed E-state index contributed by atoms with van der Waals surface area (Å²) in [7, 11) is 0. The molecule has 0 amide bonds. The number of benzene rings is 1. The van der Waals surface area contributed by atoms with Crippen LogP contribution in [0.5, 0.6) is 0 Å². The molecule has 0 aromatic heterocycles. The predicted molar refractivity (Wildman–Crippen MR) is 79.5 cm³/mol. The van der Waals surface area contributed by atoms with E-state index in [1.807, 2.05) is 36.4 Å². The van der Waals surface area contributed by atoms with Gasteiger partial charge in [-0.25, -0.2) is 0 Å². The van der Waals surface area contributed by atoms with Gasteiger partial charge in [0.1, 0.15) is 0 Å². The molecular formula is C16H18N2. The Morgan fingerprint density at radius 2 is 1.94 bits per heavy atom. The van der Waals surface area contributed by atoms with E-state index in [0.717, 1.165) is 22.3 Å². The van der Waals surface area contributed by atoms with Crippen LogP contribution in [0.2, 0.25) is 0 Å². The highest BCUT2D eigenvalue weighted by atomic mass is 14.9.